The highest BCUT2D eigenvalue weighted by Gasteiger charge is 2.22. The van der Waals surface area contributed by atoms with Gasteiger partial charge in [0.2, 0.25) is 5.90 Å². The minimum Gasteiger partial charge on any atom is -0.423 e. The van der Waals surface area contributed by atoms with Crippen molar-refractivity contribution in [3.63, 3.8) is 0 Å². The van der Waals surface area contributed by atoms with Gasteiger partial charge in [-0.05, 0) is 30.9 Å². The van der Waals surface area contributed by atoms with Crippen LogP contribution in [-0.2, 0) is 21.2 Å². The molecule has 100 valence electrons. The van der Waals surface area contributed by atoms with Gasteiger partial charge >= 0.3 is 0 Å². The molecule has 1 N–H and O–H groups in total. The van der Waals surface area contributed by atoms with Crippen molar-refractivity contribution in [2.24, 2.45) is 11.1 Å². The van der Waals surface area contributed by atoms with E-state index in [2.05, 4.69) is 5.16 Å². The molecule has 0 aromatic heterocycles. The lowest BCUT2D eigenvalue weighted by Crippen LogP contribution is -2.16. The van der Waals surface area contributed by atoms with Crippen molar-refractivity contribution in [2.75, 3.05) is 6.61 Å². The fourth-order valence-corrected chi connectivity index (χ4v) is 2.90. The van der Waals surface area contributed by atoms with Crippen LogP contribution in [0.3, 0.4) is 0 Å². The molecule has 0 saturated heterocycles. The second-order valence-electron chi connectivity index (χ2n) is 3.95. The van der Waals surface area contributed by atoms with E-state index in [0.717, 1.165) is 0 Å². The molecule has 0 aliphatic rings. The third kappa shape index (κ3) is 4.41. The molecule has 18 heavy (non-hydrogen) atoms. The molecule has 0 bridgehead atoms. The minimum absolute atomic E-state index is 0.00487. The van der Waals surface area contributed by atoms with Crippen molar-refractivity contribution in [3.8, 4) is 0 Å². The average molecular weight is 287 g/mol. The number of hydrogen-bond acceptors (Lipinski definition) is 4. The average Bonchev–Trinajstić information content (AvgIpc) is 2.35. The summed E-state index contributed by atoms with van der Waals surface area (Å²) in [5, 5.41) is 4.45. The van der Waals surface area contributed by atoms with Crippen LogP contribution in [0, 0.1) is 5.92 Å². The lowest BCUT2D eigenvalue weighted by atomic mass is 10.2. The molecular weight excluding hydrogens is 269 g/mol. The van der Waals surface area contributed by atoms with E-state index in [1.807, 2.05) is 39.0 Å². The van der Waals surface area contributed by atoms with Crippen molar-refractivity contribution >= 4 is 29.5 Å². The Kier molecular flexibility index (Phi) is 5.79. The topological polar surface area (TPSA) is 51.0 Å². The van der Waals surface area contributed by atoms with Gasteiger partial charge in [0.25, 0.3) is 6.49 Å². The summed E-state index contributed by atoms with van der Waals surface area (Å²) in [6, 6.07) is 8.98. The molecule has 0 aliphatic carbocycles. The van der Waals surface area contributed by atoms with E-state index in [9.17, 15) is 4.89 Å². The van der Waals surface area contributed by atoms with Crippen LogP contribution in [0.15, 0.2) is 35.5 Å². The molecule has 4 nitrogen and oxygen atoms in total. The summed E-state index contributed by atoms with van der Waals surface area (Å²) < 4.78 is 5.49. The van der Waals surface area contributed by atoms with Crippen LogP contribution in [0.2, 0.25) is 0 Å². The van der Waals surface area contributed by atoms with Crippen molar-refractivity contribution in [1.82, 2.24) is 0 Å². The maximum atomic E-state index is 10.3. The second kappa shape index (κ2) is 6.88. The summed E-state index contributed by atoms with van der Waals surface area (Å²) in [4.78, 5) is 15.2. The van der Waals surface area contributed by atoms with Gasteiger partial charge < -0.3 is 14.3 Å². The summed E-state index contributed by atoms with van der Waals surface area (Å²) >= 11 is 5.16. The zero-order chi connectivity index (χ0) is 13.6. The Morgan fingerprint density at radius 1 is 1.39 bits per heavy atom. The first kappa shape index (κ1) is 15.2. The molecule has 1 aromatic carbocycles. The van der Waals surface area contributed by atoms with Gasteiger partial charge in [-0.2, -0.15) is 0 Å². The Hall–Kier alpha value is -0.900. The number of nitrogens with zero attached hydrogens (tertiary/aromatic N) is 1. The lowest BCUT2D eigenvalue weighted by Gasteiger charge is -2.19. The van der Waals surface area contributed by atoms with E-state index < -0.39 is 6.49 Å². The fourth-order valence-electron chi connectivity index (χ4n) is 1.15. The summed E-state index contributed by atoms with van der Waals surface area (Å²) in [5.41, 5.74) is 0. The van der Waals surface area contributed by atoms with Crippen LogP contribution in [0.25, 0.3) is 0 Å². The second-order valence-corrected chi connectivity index (χ2v) is 7.17. The molecule has 0 fully saturated rings. The molecule has 6 heteroatoms. The third-order valence-electron chi connectivity index (χ3n) is 2.08. The minimum atomic E-state index is -3.07. The smallest absolute Gasteiger partial charge is 0.267 e. The van der Waals surface area contributed by atoms with Crippen LogP contribution in [0.5, 0.6) is 0 Å². The Morgan fingerprint density at radius 3 is 2.50 bits per heavy atom. The first-order chi connectivity index (χ1) is 8.47. The molecule has 1 unspecified atom stereocenters. The van der Waals surface area contributed by atoms with E-state index in [-0.39, 0.29) is 5.92 Å². The Labute approximate surface area is 113 Å². The van der Waals surface area contributed by atoms with Crippen LogP contribution in [0.4, 0.5) is 0 Å². The predicted molar refractivity (Wildman–Crippen MR) is 77.6 cm³/mol. The van der Waals surface area contributed by atoms with Gasteiger partial charge in [-0.1, -0.05) is 37.2 Å². The zero-order valence-electron chi connectivity index (χ0n) is 10.7. The maximum absolute atomic E-state index is 10.3. The van der Waals surface area contributed by atoms with Crippen molar-refractivity contribution < 1.29 is 14.3 Å². The SMILES string of the molecule is CCON=C(OP(O)(=S)c1ccccc1)C(C)C. The normalized spacial score (nSPS) is 15.3. The molecule has 0 aliphatic heterocycles. The van der Waals surface area contributed by atoms with Gasteiger partial charge in [-0.25, -0.2) is 0 Å². The van der Waals surface area contributed by atoms with E-state index in [4.69, 9.17) is 21.2 Å². The number of hydrogen-bond donors (Lipinski definition) is 1. The van der Waals surface area contributed by atoms with Crippen LogP contribution in [-0.4, -0.2) is 17.4 Å². The van der Waals surface area contributed by atoms with Crippen LogP contribution < -0.4 is 5.30 Å². The molecule has 1 aromatic rings. The Balaban J connectivity index is 2.90. The number of benzene rings is 1. The molecule has 0 radical (unpaired) electrons. The molecule has 1 atom stereocenters. The lowest BCUT2D eigenvalue weighted by molar-refractivity contribution is 0.150. The fraction of sp³-hybridized carbons (Fsp3) is 0.417. The summed E-state index contributed by atoms with van der Waals surface area (Å²) in [6.07, 6.45) is 0. The first-order valence-electron chi connectivity index (χ1n) is 5.75. The van der Waals surface area contributed by atoms with Gasteiger partial charge in [0.05, 0.1) is 0 Å². The molecule has 0 heterocycles. The summed E-state index contributed by atoms with van der Waals surface area (Å²) in [5.74, 6) is 0.321. The van der Waals surface area contributed by atoms with E-state index in [1.165, 1.54) is 0 Å². The van der Waals surface area contributed by atoms with Gasteiger partial charge in [0, 0.05) is 11.2 Å². The standard InChI is InChI=1S/C12H18NO3PS/c1-4-15-13-12(10(2)3)16-17(14,18)11-8-6-5-7-9-11/h5-10H,4H2,1-3H3,(H,14,18). The quantitative estimate of drug-likeness (QED) is 0.391. The Morgan fingerprint density at radius 2 is 2.00 bits per heavy atom. The van der Waals surface area contributed by atoms with Crippen LogP contribution >= 0.6 is 6.49 Å². The monoisotopic (exact) mass is 287 g/mol. The maximum Gasteiger partial charge on any atom is 0.267 e. The van der Waals surface area contributed by atoms with E-state index in [0.29, 0.717) is 17.8 Å². The molecule has 1 rings (SSSR count). The molecule has 0 amide bonds. The molecule has 0 saturated carbocycles. The van der Waals surface area contributed by atoms with Gasteiger partial charge in [0.1, 0.15) is 6.61 Å². The van der Waals surface area contributed by atoms with Gasteiger partial charge in [-0.15, -0.1) is 0 Å². The highest BCUT2D eigenvalue weighted by atomic mass is 32.5. The summed E-state index contributed by atoms with van der Waals surface area (Å²) in [7, 11) is 0. The van der Waals surface area contributed by atoms with Crippen molar-refractivity contribution in [1.29, 1.82) is 0 Å². The van der Waals surface area contributed by atoms with E-state index in [1.54, 1.807) is 12.1 Å². The third-order valence-corrected chi connectivity index (χ3v) is 4.32. The highest BCUT2D eigenvalue weighted by Crippen LogP contribution is 2.42. The molecule has 0 spiro atoms. The summed E-state index contributed by atoms with van der Waals surface area (Å²) in [6.45, 7) is 3.00. The molecular formula is C12H18NO3PS. The van der Waals surface area contributed by atoms with Crippen LogP contribution in [0.1, 0.15) is 20.8 Å². The first-order valence-corrected chi connectivity index (χ1v) is 8.42. The van der Waals surface area contributed by atoms with Gasteiger partial charge in [-0.3, -0.25) is 0 Å². The van der Waals surface area contributed by atoms with Crippen molar-refractivity contribution in [2.45, 2.75) is 20.8 Å². The largest absolute Gasteiger partial charge is 0.423 e. The number of rotatable bonds is 5. The highest BCUT2D eigenvalue weighted by molar-refractivity contribution is 8.13. The van der Waals surface area contributed by atoms with E-state index >= 15 is 0 Å². The van der Waals surface area contributed by atoms with Gasteiger partial charge in [0.15, 0.2) is 0 Å². The predicted octanol–water partition coefficient (Wildman–Crippen LogP) is 2.64. The number of oxime groups is 1. The van der Waals surface area contributed by atoms with Crippen molar-refractivity contribution in [3.05, 3.63) is 30.3 Å². The Bertz CT molecular complexity index is 448. The zero-order valence-corrected chi connectivity index (χ0v) is 12.4.